The number of benzene rings is 1. The number of rotatable bonds is 3. The van der Waals surface area contributed by atoms with E-state index in [1.807, 2.05) is 0 Å². The summed E-state index contributed by atoms with van der Waals surface area (Å²) in [7, 11) is 1.25. The number of primary amides is 1. The molecule has 0 aliphatic heterocycles. The van der Waals surface area contributed by atoms with Gasteiger partial charge >= 0.3 is 5.97 Å². The van der Waals surface area contributed by atoms with Gasteiger partial charge in [0.1, 0.15) is 0 Å². The number of esters is 1. The number of carbonyl (C=O) groups is 2. The van der Waals surface area contributed by atoms with Crippen LogP contribution in [0.25, 0.3) is 5.78 Å². The van der Waals surface area contributed by atoms with E-state index in [1.165, 1.54) is 19.2 Å². The highest BCUT2D eigenvalue weighted by Crippen LogP contribution is 2.08. The molecule has 0 aliphatic carbocycles. The van der Waals surface area contributed by atoms with E-state index in [0.29, 0.717) is 11.3 Å². The molecule has 3 aromatic rings. The molecular weight excluding hydrogens is 362 g/mol. The van der Waals surface area contributed by atoms with Crippen LogP contribution in [0.3, 0.4) is 0 Å². The summed E-state index contributed by atoms with van der Waals surface area (Å²) in [5.41, 5.74) is 11.5. The molecule has 0 radical (unpaired) electrons. The van der Waals surface area contributed by atoms with Crippen molar-refractivity contribution in [2.45, 2.75) is 13.5 Å². The van der Waals surface area contributed by atoms with E-state index in [9.17, 15) is 18.4 Å². The first-order valence-corrected chi connectivity index (χ1v) is 7.53. The van der Waals surface area contributed by atoms with Crippen molar-refractivity contribution in [2.24, 2.45) is 11.5 Å². The smallest absolute Gasteiger partial charge is 0.356 e. The number of nitrogens with two attached hydrogens (primary N) is 2. The van der Waals surface area contributed by atoms with Crippen LogP contribution in [0.5, 0.6) is 0 Å². The monoisotopic (exact) mass is 378 g/mol. The molecule has 0 atom stereocenters. The number of methoxy groups -OCH3 is 1. The largest absolute Gasteiger partial charge is 0.464 e. The van der Waals surface area contributed by atoms with Crippen LogP contribution in [0.4, 0.5) is 8.78 Å². The normalized spacial score (nSPS) is 10.3. The molecule has 11 heteroatoms. The molecule has 3 rings (SSSR count). The van der Waals surface area contributed by atoms with Gasteiger partial charge in [0.2, 0.25) is 5.82 Å². The van der Waals surface area contributed by atoms with E-state index in [2.05, 4.69) is 19.8 Å². The fraction of sp³-hybridized carbons (Fsp3) is 0.188. The quantitative estimate of drug-likeness (QED) is 0.641. The summed E-state index contributed by atoms with van der Waals surface area (Å²) in [6, 6.07) is 5.10. The summed E-state index contributed by atoms with van der Waals surface area (Å²) >= 11 is 0. The molecule has 142 valence electrons. The average Bonchev–Trinajstić information content (AvgIpc) is 3.07. The van der Waals surface area contributed by atoms with Crippen LogP contribution in [0.15, 0.2) is 24.3 Å². The van der Waals surface area contributed by atoms with Crippen LogP contribution in [0, 0.1) is 18.6 Å². The van der Waals surface area contributed by atoms with Gasteiger partial charge in [-0.3, -0.25) is 4.79 Å². The molecule has 2 heterocycles. The van der Waals surface area contributed by atoms with E-state index in [1.54, 1.807) is 6.92 Å². The number of aromatic nitrogens is 4. The van der Waals surface area contributed by atoms with Crippen molar-refractivity contribution in [2.75, 3.05) is 7.11 Å². The molecule has 0 saturated heterocycles. The Morgan fingerprint density at radius 3 is 2.44 bits per heavy atom. The molecule has 1 aromatic carbocycles. The molecular formula is C16H16F2N6O3. The Balaban J connectivity index is 0.000000223. The number of hydrogen-bond acceptors (Lipinski definition) is 7. The van der Waals surface area contributed by atoms with Gasteiger partial charge in [0.25, 0.3) is 11.7 Å². The topological polar surface area (TPSA) is 138 Å². The van der Waals surface area contributed by atoms with Crippen LogP contribution in [-0.2, 0) is 11.3 Å². The van der Waals surface area contributed by atoms with Gasteiger partial charge in [0.05, 0.1) is 7.11 Å². The van der Waals surface area contributed by atoms with Crippen molar-refractivity contribution in [3.8, 4) is 0 Å². The van der Waals surface area contributed by atoms with Gasteiger partial charge in [0, 0.05) is 12.2 Å². The number of nitrogens with zero attached hydrogens (tertiary/aromatic N) is 4. The second kappa shape index (κ2) is 8.27. The zero-order valence-electron chi connectivity index (χ0n) is 14.4. The fourth-order valence-electron chi connectivity index (χ4n) is 2.01. The minimum absolute atomic E-state index is 0.124. The van der Waals surface area contributed by atoms with Crippen molar-refractivity contribution in [3.63, 3.8) is 0 Å². The van der Waals surface area contributed by atoms with Gasteiger partial charge in [-0.25, -0.2) is 18.6 Å². The lowest BCUT2D eigenvalue weighted by Crippen LogP contribution is -2.14. The summed E-state index contributed by atoms with van der Waals surface area (Å²) in [4.78, 5) is 30.3. The Hall–Kier alpha value is -3.47. The molecule has 0 unspecified atom stereocenters. The van der Waals surface area contributed by atoms with Crippen molar-refractivity contribution < 1.29 is 23.1 Å². The van der Waals surface area contributed by atoms with Crippen LogP contribution >= 0.6 is 0 Å². The third-order valence-corrected chi connectivity index (χ3v) is 3.27. The van der Waals surface area contributed by atoms with Gasteiger partial charge in [-0.2, -0.15) is 9.50 Å². The zero-order valence-corrected chi connectivity index (χ0v) is 14.4. The second-order valence-electron chi connectivity index (χ2n) is 5.24. The van der Waals surface area contributed by atoms with E-state index >= 15 is 0 Å². The molecule has 1 amide bonds. The fourth-order valence-corrected chi connectivity index (χ4v) is 2.01. The summed E-state index contributed by atoms with van der Waals surface area (Å²) in [6.45, 7) is 1.92. The number of halogens is 2. The van der Waals surface area contributed by atoms with Crippen molar-refractivity contribution in [1.82, 2.24) is 19.6 Å². The van der Waals surface area contributed by atoms with E-state index in [4.69, 9.17) is 11.5 Å². The Bertz CT molecular complexity index is 1010. The maximum Gasteiger partial charge on any atom is 0.356 e. The number of fused-ring (bicyclic) bond motifs is 1. The van der Waals surface area contributed by atoms with E-state index in [-0.39, 0.29) is 23.8 Å². The second-order valence-corrected chi connectivity index (χ2v) is 5.24. The number of amides is 1. The minimum atomic E-state index is -0.844. The molecule has 9 nitrogen and oxygen atoms in total. The van der Waals surface area contributed by atoms with E-state index in [0.717, 1.165) is 16.6 Å². The summed E-state index contributed by atoms with van der Waals surface area (Å²) in [6.07, 6.45) is 0. The molecule has 27 heavy (non-hydrogen) atoms. The van der Waals surface area contributed by atoms with Crippen LogP contribution < -0.4 is 11.5 Å². The van der Waals surface area contributed by atoms with Gasteiger partial charge < -0.3 is 16.2 Å². The Labute approximate surface area is 152 Å². The standard InChI is InChI=1S/C9H9N5O3.C7H7F2N/c1-4-3-5(8(16)17-2)14-9(11-4)12-7(13-14)6(10)15;8-6-2-1-5(4-10)3-7(6)9/h3H,1-2H3,(H2,10,15);1-3H,4,10H2. The first-order valence-electron chi connectivity index (χ1n) is 7.53. The molecule has 0 fully saturated rings. The van der Waals surface area contributed by atoms with Gasteiger partial charge in [0.15, 0.2) is 17.3 Å². The maximum absolute atomic E-state index is 12.3. The number of hydrogen-bond donors (Lipinski definition) is 2. The van der Waals surface area contributed by atoms with Crippen molar-refractivity contribution in [3.05, 3.63) is 58.7 Å². The predicted molar refractivity (Wildman–Crippen MR) is 89.6 cm³/mol. The lowest BCUT2D eigenvalue weighted by Gasteiger charge is -2.01. The molecule has 0 saturated carbocycles. The Morgan fingerprint density at radius 2 is 1.89 bits per heavy atom. The van der Waals surface area contributed by atoms with Gasteiger partial charge in [-0.15, -0.1) is 5.10 Å². The van der Waals surface area contributed by atoms with E-state index < -0.39 is 23.5 Å². The Kier molecular flexibility index (Phi) is 6.08. The lowest BCUT2D eigenvalue weighted by molar-refractivity contribution is 0.0590. The molecule has 4 N–H and O–H groups in total. The molecule has 0 aliphatic rings. The highest BCUT2D eigenvalue weighted by atomic mass is 19.2. The van der Waals surface area contributed by atoms with Crippen molar-refractivity contribution in [1.29, 1.82) is 0 Å². The minimum Gasteiger partial charge on any atom is -0.464 e. The third kappa shape index (κ3) is 4.58. The van der Waals surface area contributed by atoms with Crippen LogP contribution in [0.2, 0.25) is 0 Å². The van der Waals surface area contributed by atoms with Crippen LogP contribution in [-0.4, -0.2) is 38.6 Å². The highest BCUT2D eigenvalue weighted by molar-refractivity contribution is 5.90. The van der Waals surface area contributed by atoms with Gasteiger partial charge in [-0.1, -0.05) is 6.07 Å². The first-order chi connectivity index (χ1) is 12.8. The maximum atomic E-state index is 12.3. The highest BCUT2D eigenvalue weighted by Gasteiger charge is 2.17. The first kappa shape index (κ1) is 19.8. The third-order valence-electron chi connectivity index (χ3n) is 3.27. The summed E-state index contributed by atoms with van der Waals surface area (Å²) in [5, 5.41) is 3.79. The number of carbonyl (C=O) groups excluding carboxylic acids is 2. The molecule has 0 spiro atoms. The van der Waals surface area contributed by atoms with Crippen LogP contribution in [0.1, 0.15) is 32.4 Å². The number of aryl methyl sites for hydroxylation is 1. The lowest BCUT2D eigenvalue weighted by atomic mass is 10.2. The summed E-state index contributed by atoms with van der Waals surface area (Å²) < 4.78 is 30.3. The van der Waals surface area contributed by atoms with Crippen molar-refractivity contribution >= 4 is 17.7 Å². The molecule has 0 bridgehead atoms. The average molecular weight is 378 g/mol. The SMILES string of the molecule is COC(=O)c1cc(C)nc2nc(C(N)=O)nn12.NCc1ccc(F)c(F)c1. The Morgan fingerprint density at radius 1 is 1.19 bits per heavy atom. The zero-order chi connectivity index (χ0) is 20.1. The van der Waals surface area contributed by atoms with Gasteiger partial charge in [-0.05, 0) is 30.7 Å². The number of ether oxygens (including phenoxy) is 1. The molecule has 2 aromatic heterocycles. The summed E-state index contributed by atoms with van der Waals surface area (Å²) in [5.74, 6) is -3.14. The predicted octanol–water partition coefficient (Wildman–Crippen LogP) is 0.742.